The van der Waals surface area contributed by atoms with E-state index in [0.717, 1.165) is 21.9 Å². The number of fused-ring (bicyclic) bond motifs is 9. The van der Waals surface area contributed by atoms with Crippen LogP contribution in [0.5, 0.6) is 0 Å². The number of amides is 2. The van der Waals surface area contributed by atoms with Crippen molar-refractivity contribution in [2.24, 2.45) is 29.6 Å². The topological polar surface area (TPSA) is 134 Å². The maximum Gasteiger partial charge on any atom is 0.303 e. The lowest BCUT2D eigenvalue weighted by Gasteiger charge is -2.43. The molecule has 0 unspecified atom stereocenters. The number of aromatic nitrogens is 1. The van der Waals surface area contributed by atoms with Crippen LogP contribution in [0.2, 0.25) is 0 Å². The molecule has 1 aromatic heterocycles. The number of rotatable bonds is 8. The molecule has 2 bridgehead atoms. The highest BCUT2D eigenvalue weighted by atomic mass is 32.2. The number of imide groups is 1. The largest absolute Gasteiger partial charge is 0.481 e. The van der Waals surface area contributed by atoms with Crippen LogP contribution in [0.25, 0.3) is 0 Å². The number of unbranched alkanes of at least 4 members (excludes halogenated alkanes) is 2. The first-order chi connectivity index (χ1) is 17.8. The van der Waals surface area contributed by atoms with Crippen LogP contribution in [0.4, 0.5) is 5.69 Å². The molecular formula is C25H25N3O6S3. The number of H-pyrrole nitrogens is 1. The molecule has 0 radical (unpaired) electrons. The molecule has 1 saturated heterocycles. The zero-order valence-electron chi connectivity index (χ0n) is 19.7. The average molecular weight is 560 g/mol. The van der Waals surface area contributed by atoms with Gasteiger partial charge in [-0.25, -0.2) is 0 Å². The fourth-order valence-corrected chi connectivity index (χ4v) is 10.5. The molecule has 2 saturated carbocycles. The summed E-state index contributed by atoms with van der Waals surface area (Å²) in [5.41, 5.74) is 1.01. The molecular weight excluding hydrogens is 534 g/mol. The molecule has 2 aliphatic carbocycles. The highest BCUT2D eigenvalue weighted by molar-refractivity contribution is 8.00. The Hall–Kier alpha value is -2.57. The van der Waals surface area contributed by atoms with Gasteiger partial charge in [0, 0.05) is 41.1 Å². The van der Waals surface area contributed by atoms with Crippen molar-refractivity contribution in [3.8, 4) is 0 Å². The van der Waals surface area contributed by atoms with Gasteiger partial charge in [0.15, 0.2) is 3.95 Å². The fourth-order valence-electron chi connectivity index (χ4n) is 7.20. The minimum Gasteiger partial charge on any atom is -0.481 e. The number of carboxylic acids is 1. The molecule has 1 aromatic carbocycles. The number of thioether (sulfide) groups is 1. The van der Waals surface area contributed by atoms with E-state index in [0.29, 0.717) is 29.8 Å². The molecule has 2 aliphatic heterocycles. The third kappa shape index (κ3) is 3.95. The van der Waals surface area contributed by atoms with Crippen LogP contribution in [0, 0.1) is 43.7 Å². The van der Waals surface area contributed by atoms with Crippen LogP contribution in [-0.4, -0.2) is 49.5 Å². The quantitative estimate of drug-likeness (QED) is 0.154. The Bertz CT molecular complexity index is 1350. The molecule has 2 N–H and O–H groups in total. The Morgan fingerprint density at radius 1 is 1.14 bits per heavy atom. The van der Waals surface area contributed by atoms with Crippen molar-refractivity contribution < 1.29 is 24.4 Å². The Kier molecular flexibility index (Phi) is 6.23. The van der Waals surface area contributed by atoms with Gasteiger partial charge in [0.05, 0.1) is 21.8 Å². The number of nitrogens with one attached hydrogen (secondary N) is 1. The number of nitrogens with zero attached hydrogens (tertiary/aromatic N) is 2. The Labute approximate surface area is 225 Å². The molecule has 194 valence electrons. The Morgan fingerprint density at radius 2 is 1.84 bits per heavy atom. The number of nitro benzene ring substituents is 1. The molecule has 3 heterocycles. The van der Waals surface area contributed by atoms with Crippen LogP contribution >= 0.6 is 35.3 Å². The van der Waals surface area contributed by atoms with Gasteiger partial charge >= 0.3 is 5.97 Å². The first-order valence-electron chi connectivity index (χ1n) is 12.5. The van der Waals surface area contributed by atoms with E-state index in [4.69, 9.17) is 17.3 Å². The highest BCUT2D eigenvalue weighted by Crippen LogP contribution is 2.68. The standard InChI is InChI=1S/C25H25N3O6S3/c29-15(30)4-2-1-3-9-27-23(31)18-13-10-14(19(18)24(27)32)20-17(13)16(21-22(36-20)26-25(35)37-21)11-5-7-12(8-6-11)28(33)34/h5-8,13-14,16-20H,1-4,9-10H2,(H,26,35)(H,29,30)/t13-,14-,16+,17-,18+,19-,20-/m1/s1. The second-order valence-electron chi connectivity index (χ2n) is 10.3. The molecule has 7 atom stereocenters. The number of hydrogen-bond donors (Lipinski definition) is 2. The van der Waals surface area contributed by atoms with Crippen molar-refractivity contribution in [1.29, 1.82) is 0 Å². The molecule has 3 fully saturated rings. The SMILES string of the molecule is O=C(O)CCCCCN1C(=O)[C@@H]2[C@H]3C[C@@H]([C@@H]2C1=O)[C@@H]1[C@H](c2ccc([N+](=O)[O-])cc2)c2sc(=S)[nH]c2S[C@H]31. The minimum absolute atomic E-state index is 0.0379. The Balaban J connectivity index is 1.29. The molecule has 4 aliphatic rings. The maximum atomic E-state index is 13.6. The summed E-state index contributed by atoms with van der Waals surface area (Å²) in [5.74, 6) is -1.37. The normalized spacial score (nSPS) is 31.4. The first-order valence-corrected chi connectivity index (χ1v) is 14.6. The second-order valence-corrected chi connectivity index (χ2v) is 13.2. The number of carbonyl (C=O) groups excluding carboxylic acids is 2. The smallest absolute Gasteiger partial charge is 0.303 e. The lowest BCUT2D eigenvalue weighted by molar-refractivity contribution is -0.384. The second kappa shape index (κ2) is 9.32. The van der Waals surface area contributed by atoms with Crippen LogP contribution in [0.1, 0.15) is 48.5 Å². The van der Waals surface area contributed by atoms with E-state index in [2.05, 4.69) is 4.98 Å². The highest BCUT2D eigenvalue weighted by Gasteiger charge is 2.69. The average Bonchev–Trinajstić information content (AvgIpc) is 3.58. The summed E-state index contributed by atoms with van der Waals surface area (Å²) in [4.78, 5) is 54.4. The van der Waals surface area contributed by atoms with E-state index in [1.165, 1.54) is 28.4 Å². The predicted octanol–water partition coefficient (Wildman–Crippen LogP) is 4.83. The summed E-state index contributed by atoms with van der Waals surface area (Å²) >= 11 is 8.73. The molecule has 12 heteroatoms. The third-order valence-corrected chi connectivity index (χ3v) is 11.5. The zero-order valence-corrected chi connectivity index (χ0v) is 22.2. The third-order valence-electron chi connectivity index (χ3n) is 8.55. The van der Waals surface area contributed by atoms with Gasteiger partial charge in [-0.15, -0.1) is 23.1 Å². The van der Waals surface area contributed by atoms with Gasteiger partial charge in [-0.1, -0.05) is 18.6 Å². The molecule has 9 nitrogen and oxygen atoms in total. The van der Waals surface area contributed by atoms with Crippen molar-refractivity contribution in [3.63, 3.8) is 0 Å². The van der Waals surface area contributed by atoms with E-state index in [9.17, 15) is 24.5 Å². The van der Waals surface area contributed by atoms with Gasteiger partial charge in [0.25, 0.3) is 5.69 Å². The minimum atomic E-state index is -0.837. The summed E-state index contributed by atoms with van der Waals surface area (Å²) in [6, 6.07) is 6.70. The van der Waals surface area contributed by atoms with Crippen molar-refractivity contribution in [2.75, 3.05) is 6.54 Å². The summed E-state index contributed by atoms with van der Waals surface area (Å²) in [5, 5.41) is 21.2. The maximum absolute atomic E-state index is 13.6. The first kappa shape index (κ1) is 24.7. The summed E-state index contributed by atoms with van der Waals surface area (Å²) in [6.45, 7) is 0.346. The summed E-state index contributed by atoms with van der Waals surface area (Å²) < 4.78 is 0.679. The van der Waals surface area contributed by atoms with E-state index < -0.39 is 10.9 Å². The predicted molar refractivity (Wildman–Crippen MR) is 139 cm³/mol. The van der Waals surface area contributed by atoms with Crippen molar-refractivity contribution >= 4 is 58.8 Å². The number of aromatic amines is 1. The van der Waals surface area contributed by atoms with Crippen LogP contribution in [-0.2, 0) is 14.4 Å². The number of nitro groups is 1. The number of aliphatic carboxylic acids is 1. The van der Waals surface area contributed by atoms with Gasteiger partial charge in [-0.05, 0) is 54.8 Å². The number of non-ortho nitro benzene ring substituents is 1. The van der Waals surface area contributed by atoms with Gasteiger partial charge in [0.2, 0.25) is 11.8 Å². The number of carboxylic acid groups (broad SMARTS) is 1. The molecule has 6 rings (SSSR count). The van der Waals surface area contributed by atoms with Crippen molar-refractivity contribution in [3.05, 3.63) is 48.8 Å². The number of likely N-dealkylation sites (tertiary alicyclic amines) is 1. The van der Waals surface area contributed by atoms with E-state index in [1.807, 2.05) is 12.1 Å². The van der Waals surface area contributed by atoms with Gasteiger partial charge in [-0.2, -0.15) is 0 Å². The Morgan fingerprint density at radius 3 is 2.51 bits per heavy atom. The van der Waals surface area contributed by atoms with E-state index >= 15 is 0 Å². The number of benzene rings is 1. The molecule has 2 aromatic rings. The van der Waals surface area contributed by atoms with Crippen molar-refractivity contribution in [1.82, 2.24) is 9.88 Å². The van der Waals surface area contributed by atoms with E-state index in [-0.39, 0.29) is 64.7 Å². The van der Waals surface area contributed by atoms with Crippen molar-refractivity contribution in [2.45, 2.75) is 48.3 Å². The van der Waals surface area contributed by atoms with Crippen LogP contribution in [0.15, 0.2) is 29.3 Å². The summed E-state index contributed by atoms with van der Waals surface area (Å²) in [7, 11) is 0. The monoisotopic (exact) mass is 559 g/mol. The lowest BCUT2D eigenvalue weighted by atomic mass is 9.68. The van der Waals surface area contributed by atoms with Crippen LogP contribution in [0.3, 0.4) is 0 Å². The van der Waals surface area contributed by atoms with Gasteiger partial charge < -0.3 is 10.1 Å². The lowest BCUT2D eigenvalue weighted by Crippen LogP contribution is -2.42. The molecule has 2 amide bonds. The number of carbonyl (C=O) groups is 3. The fraction of sp³-hybridized carbons (Fsp3) is 0.520. The van der Waals surface area contributed by atoms with Gasteiger partial charge in [-0.3, -0.25) is 29.4 Å². The molecule has 0 spiro atoms. The summed E-state index contributed by atoms with van der Waals surface area (Å²) in [6.07, 6.45) is 2.73. The van der Waals surface area contributed by atoms with Crippen LogP contribution < -0.4 is 0 Å². The zero-order chi connectivity index (χ0) is 26.0. The number of hydrogen-bond acceptors (Lipinski definition) is 8. The molecule has 37 heavy (non-hydrogen) atoms. The van der Waals surface area contributed by atoms with Gasteiger partial charge in [0.1, 0.15) is 0 Å². The number of thiazole rings is 1. The van der Waals surface area contributed by atoms with E-state index in [1.54, 1.807) is 11.8 Å².